The van der Waals surface area contributed by atoms with Crippen LogP contribution < -0.4 is 4.74 Å². The first-order chi connectivity index (χ1) is 9.78. The summed E-state index contributed by atoms with van der Waals surface area (Å²) < 4.78 is 15.9. The second-order valence-electron chi connectivity index (χ2n) is 4.28. The fourth-order valence-electron chi connectivity index (χ4n) is 1.93. The molecule has 1 aromatic carbocycles. The summed E-state index contributed by atoms with van der Waals surface area (Å²) in [4.78, 5) is 4.31. The Labute approximate surface area is 120 Å². The number of hydrogen-bond donors (Lipinski definition) is 1. The van der Waals surface area contributed by atoms with Crippen molar-refractivity contribution in [2.75, 3.05) is 25.2 Å². The van der Waals surface area contributed by atoms with Crippen molar-refractivity contribution in [2.45, 2.75) is 6.10 Å². The molecule has 7 heteroatoms. The molecule has 0 amide bonds. The van der Waals surface area contributed by atoms with Gasteiger partial charge in [-0.25, -0.2) is 0 Å². The maximum absolute atomic E-state index is 9.88. The zero-order valence-electron chi connectivity index (χ0n) is 10.9. The minimum Gasteiger partial charge on any atom is -0.507 e. The van der Waals surface area contributed by atoms with E-state index in [0.717, 1.165) is 11.5 Å². The molecule has 1 aliphatic rings. The molecule has 1 atom stereocenters. The summed E-state index contributed by atoms with van der Waals surface area (Å²) in [5.74, 6) is 3.24. The molecule has 1 fully saturated rings. The third-order valence-electron chi connectivity index (χ3n) is 2.98. The molecule has 1 N–H and O–H groups in total. The van der Waals surface area contributed by atoms with Gasteiger partial charge in [-0.2, -0.15) is 16.7 Å². The Kier molecular flexibility index (Phi) is 3.79. The van der Waals surface area contributed by atoms with Gasteiger partial charge in [-0.15, -0.1) is 0 Å². The maximum Gasteiger partial charge on any atom is 0.261 e. The second-order valence-corrected chi connectivity index (χ2v) is 5.42. The van der Waals surface area contributed by atoms with Crippen molar-refractivity contribution < 1.29 is 19.1 Å². The number of aromatic nitrogens is 2. The van der Waals surface area contributed by atoms with Gasteiger partial charge < -0.3 is 19.1 Å². The topological polar surface area (TPSA) is 77.6 Å². The van der Waals surface area contributed by atoms with Crippen LogP contribution in [0.4, 0.5) is 0 Å². The molecule has 0 bridgehead atoms. The molecule has 1 unspecified atom stereocenters. The average Bonchev–Trinajstić information content (AvgIpc) is 2.98. The summed E-state index contributed by atoms with van der Waals surface area (Å²) in [7, 11) is 1.56. The number of benzene rings is 1. The van der Waals surface area contributed by atoms with Crippen molar-refractivity contribution in [3.63, 3.8) is 0 Å². The van der Waals surface area contributed by atoms with Crippen molar-refractivity contribution in [2.24, 2.45) is 0 Å². The molecular weight excluding hydrogens is 280 g/mol. The summed E-state index contributed by atoms with van der Waals surface area (Å²) in [5, 5.41) is 13.8. The summed E-state index contributed by atoms with van der Waals surface area (Å²) in [6, 6.07) is 4.85. The van der Waals surface area contributed by atoms with Gasteiger partial charge in [0, 0.05) is 11.5 Å². The molecule has 1 saturated heterocycles. The van der Waals surface area contributed by atoms with E-state index in [4.69, 9.17) is 14.0 Å². The first-order valence-electron chi connectivity index (χ1n) is 6.18. The lowest BCUT2D eigenvalue weighted by Gasteiger charge is -2.18. The van der Waals surface area contributed by atoms with Gasteiger partial charge in [0.05, 0.1) is 19.3 Å². The van der Waals surface area contributed by atoms with E-state index in [1.807, 2.05) is 0 Å². The number of phenols is 1. The normalized spacial score (nSPS) is 18.9. The summed E-state index contributed by atoms with van der Waals surface area (Å²) >= 11 is 1.80. The largest absolute Gasteiger partial charge is 0.507 e. The van der Waals surface area contributed by atoms with Crippen LogP contribution in [0.5, 0.6) is 11.5 Å². The number of ether oxygens (including phenoxy) is 2. The van der Waals surface area contributed by atoms with E-state index in [1.54, 1.807) is 31.0 Å². The highest BCUT2D eigenvalue weighted by Crippen LogP contribution is 2.33. The number of thioether (sulfide) groups is 1. The Hall–Kier alpha value is -1.73. The fraction of sp³-hybridized carbons (Fsp3) is 0.385. The molecule has 0 aliphatic carbocycles. The summed E-state index contributed by atoms with van der Waals surface area (Å²) in [5.41, 5.74) is 0.451. The molecule has 1 aliphatic heterocycles. The van der Waals surface area contributed by atoms with E-state index in [0.29, 0.717) is 23.7 Å². The SMILES string of the molecule is COc1ccc(O)c(-c2nc(C3CSCCO3)no2)c1. The highest BCUT2D eigenvalue weighted by atomic mass is 32.2. The van der Waals surface area contributed by atoms with Crippen LogP contribution in [0, 0.1) is 0 Å². The molecule has 0 radical (unpaired) electrons. The Morgan fingerprint density at radius 2 is 2.35 bits per heavy atom. The predicted octanol–water partition coefficient (Wildman–Crippen LogP) is 2.26. The highest BCUT2D eigenvalue weighted by Gasteiger charge is 2.23. The van der Waals surface area contributed by atoms with E-state index in [1.165, 1.54) is 6.07 Å². The molecule has 2 heterocycles. The minimum atomic E-state index is -0.154. The van der Waals surface area contributed by atoms with Crippen molar-refractivity contribution >= 4 is 11.8 Å². The zero-order chi connectivity index (χ0) is 13.9. The first-order valence-corrected chi connectivity index (χ1v) is 7.33. The Morgan fingerprint density at radius 1 is 1.45 bits per heavy atom. The minimum absolute atomic E-state index is 0.0694. The van der Waals surface area contributed by atoms with E-state index in [2.05, 4.69) is 10.1 Å². The van der Waals surface area contributed by atoms with E-state index in [9.17, 15) is 5.11 Å². The lowest BCUT2D eigenvalue weighted by molar-refractivity contribution is 0.0677. The fourth-order valence-corrected chi connectivity index (χ4v) is 2.77. The van der Waals surface area contributed by atoms with Crippen molar-refractivity contribution in [1.29, 1.82) is 0 Å². The van der Waals surface area contributed by atoms with Gasteiger partial charge in [-0.05, 0) is 18.2 Å². The average molecular weight is 294 g/mol. The van der Waals surface area contributed by atoms with Gasteiger partial charge in [0.2, 0.25) is 5.82 Å². The molecule has 20 heavy (non-hydrogen) atoms. The van der Waals surface area contributed by atoms with Crippen LogP contribution in [0.25, 0.3) is 11.5 Å². The Balaban J connectivity index is 1.89. The molecule has 1 aromatic heterocycles. The van der Waals surface area contributed by atoms with Crippen LogP contribution in [-0.2, 0) is 4.74 Å². The van der Waals surface area contributed by atoms with Crippen LogP contribution in [0.2, 0.25) is 0 Å². The third-order valence-corrected chi connectivity index (χ3v) is 3.97. The summed E-state index contributed by atoms with van der Waals surface area (Å²) in [6.07, 6.45) is -0.154. The lowest BCUT2D eigenvalue weighted by atomic mass is 10.2. The number of aromatic hydroxyl groups is 1. The summed E-state index contributed by atoms with van der Waals surface area (Å²) in [6.45, 7) is 0.684. The van der Waals surface area contributed by atoms with E-state index in [-0.39, 0.29) is 17.7 Å². The highest BCUT2D eigenvalue weighted by molar-refractivity contribution is 7.99. The van der Waals surface area contributed by atoms with Crippen LogP contribution in [-0.4, -0.2) is 40.5 Å². The predicted molar refractivity (Wildman–Crippen MR) is 74.0 cm³/mol. The number of methoxy groups -OCH3 is 1. The molecule has 0 saturated carbocycles. The Morgan fingerprint density at radius 3 is 3.10 bits per heavy atom. The van der Waals surface area contributed by atoms with Gasteiger partial charge in [-0.3, -0.25) is 0 Å². The van der Waals surface area contributed by atoms with Crippen LogP contribution in [0.15, 0.2) is 22.7 Å². The van der Waals surface area contributed by atoms with Gasteiger partial charge in [0.15, 0.2) is 0 Å². The first kappa shape index (κ1) is 13.3. The van der Waals surface area contributed by atoms with E-state index >= 15 is 0 Å². The van der Waals surface area contributed by atoms with Gasteiger partial charge in [0.25, 0.3) is 5.89 Å². The van der Waals surface area contributed by atoms with Gasteiger partial charge in [0.1, 0.15) is 17.6 Å². The van der Waals surface area contributed by atoms with Crippen molar-refractivity contribution in [3.8, 4) is 23.0 Å². The second kappa shape index (κ2) is 5.72. The Bertz CT molecular complexity index is 596. The monoisotopic (exact) mass is 294 g/mol. The third kappa shape index (κ3) is 2.59. The molecule has 106 valence electrons. The van der Waals surface area contributed by atoms with Gasteiger partial charge >= 0.3 is 0 Å². The number of hydrogen-bond acceptors (Lipinski definition) is 7. The standard InChI is InChI=1S/C13H14N2O4S/c1-17-8-2-3-10(16)9(6-8)13-14-12(15-19-13)11-7-20-5-4-18-11/h2-3,6,11,16H,4-5,7H2,1H3. The molecular formula is C13H14N2O4S. The lowest BCUT2D eigenvalue weighted by Crippen LogP contribution is -2.16. The maximum atomic E-state index is 9.88. The number of phenolic OH excluding ortho intramolecular Hbond substituents is 1. The molecule has 2 aromatic rings. The van der Waals surface area contributed by atoms with E-state index < -0.39 is 0 Å². The number of rotatable bonds is 3. The van der Waals surface area contributed by atoms with Crippen molar-refractivity contribution in [3.05, 3.63) is 24.0 Å². The van der Waals surface area contributed by atoms with Gasteiger partial charge in [-0.1, -0.05) is 5.16 Å². The smallest absolute Gasteiger partial charge is 0.261 e. The molecule has 6 nitrogen and oxygen atoms in total. The quantitative estimate of drug-likeness (QED) is 0.930. The number of nitrogens with zero attached hydrogens (tertiary/aromatic N) is 2. The van der Waals surface area contributed by atoms with Crippen molar-refractivity contribution in [1.82, 2.24) is 10.1 Å². The van der Waals surface area contributed by atoms with Crippen LogP contribution >= 0.6 is 11.8 Å². The zero-order valence-corrected chi connectivity index (χ0v) is 11.7. The van der Waals surface area contributed by atoms with Crippen LogP contribution in [0.3, 0.4) is 0 Å². The molecule has 3 rings (SSSR count). The molecule has 0 spiro atoms. The van der Waals surface area contributed by atoms with Crippen LogP contribution in [0.1, 0.15) is 11.9 Å².